The van der Waals surface area contributed by atoms with Gasteiger partial charge in [-0.2, -0.15) is 0 Å². The number of hydrogen-bond acceptors (Lipinski definition) is 15. The van der Waals surface area contributed by atoms with E-state index in [1.54, 1.807) is 35.6 Å². The molecule has 394 valence electrons. The molecule has 6 N–H and O–H groups in total. The van der Waals surface area contributed by atoms with Crippen LogP contribution in [0.1, 0.15) is 82.7 Å². The quantitative estimate of drug-likeness (QED) is 0.0662. The van der Waals surface area contributed by atoms with Gasteiger partial charge in [-0.05, 0) is 79.6 Å². The predicted molar refractivity (Wildman–Crippen MR) is 284 cm³/mol. The second kappa shape index (κ2) is 24.1. The van der Waals surface area contributed by atoms with Crippen molar-refractivity contribution in [1.82, 2.24) is 40.5 Å². The number of nitrogen functional groups attached to an aromatic ring is 1. The maximum Gasteiger partial charge on any atom is 0.246 e. The number of likely N-dealkylation sites (tertiary alicyclic amines) is 2. The van der Waals surface area contributed by atoms with Crippen LogP contribution in [0.15, 0.2) is 84.4 Å². The summed E-state index contributed by atoms with van der Waals surface area (Å²) >= 11 is 1.57. The number of aliphatic hydroxyl groups excluding tert-OH is 1. The van der Waals surface area contributed by atoms with Crippen LogP contribution in [0, 0.1) is 12.3 Å². The Bertz CT molecular complexity index is 2720. The van der Waals surface area contributed by atoms with Gasteiger partial charge in [0, 0.05) is 76.0 Å². The first-order valence-electron chi connectivity index (χ1n) is 25.6. The number of phenolic OH excluding ortho intramolecular Hbond substituents is 1. The van der Waals surface area contributed by atoms with Crippen LogP contribution in [-0.4, -0.2) is 147 Å². The fraction of sp³-hybridized carbons (Fsp3) is 0.473. The Hall–Kier alpha value is -6.67. The van der Waals surface area contributed by atoms with Crippen LogP contribution in [0.4, 0.5) is 11.5 Å². The van der Waals surface area contributed by atoms with Crippen LogP contribution >= 0.6 is 11.3 Å². The predicted octanol–water partition coefficient (Wildman–Crippen LogP) is 5.72. The molecule has 3 aromatic carbocycles. The Kier molecular flexibility index (Phi) is 17.5. The highest BCUT2D eigenvalue weighted by molar-refractivity contribution is 7.13. The lowest BCUT2D eigenvalue weighted by molar-refractivity contribution is -0.144. The SMILES string of the molecule is Cc1ncsc1-c1ccc(C(C)NC(=O)C2CC(O)CN2C(=O)C(NC(=O)CCOCCC(=O)N2CCN(c3ccc(CN4CCCC(Oc5cc(-c6ccccc6O)nnc5N)C4)cc3)CC2)C(C)(C)C)cc1. The molecular formula is C55H70N10O8S. The molecular weight excluding hydrogens is 961 g/mol. The number of piperazine rings is 1. The molecule has 5 heterocycles. The van der Waals surface area contributed by atoms with E-state index in [1.165, 1.54) is 10.5 Å². The van der Waals surface area contributed by atoms with Crippen LogP contribution in [0.2, 0.25) is 0 Å². The number of amides is 4. The minimum atomic E-state index is -0.963. The van der Waals surface area contributed by atoms with Crippen molar-refractivity contribution in [2.75, 3.05) is 69.7 Å². The minimum absolute atomic E-state index is 0.00819. The van der Waals surface area contributed by atoms with Crippen LogP contribution in [0.25, 0.3) is 21.7 Å². The molecule has 5 aromatic rings. The van der Waals surface area contributed by atoms with Crippen LogP contribution in [0.3, 0.4) is 0 Å². The normalized spacial score (nSPS) is 19.2. The lowest BCUT2D eigenvalue weighted by Crippen LogP contribution is -2.58. The number of benzene rings is 3. The molecule has 3 aliphatic rings. The number of aliphatic hydroxyl groups is 1. The van der Waals surface area contributed by atoms with Gasteiger partial charge < -0.3 is 50.8 Å². The van der Waals surface area contributed by atoms with E-state index in [1.807, 2.05) is 75.4 Å². The Labute approximate surface area is 437 Å². The van der Waals surface area contributed by atoms with Crippen molar-refractivity contribution >= 4 is 46.5 Å². The number of ether oxygens (including phenoxy) is 2. The zero-order valence-electron chi connectivity index (χ0n) is 43.0. The van der Waals surface area contributed by atoms with E-state index in [4.69, 9.17) is 15.2 Å². The average Bonchev–Trinajstić information content (AvgIpc) is 4.01. The molecule has 3 fully saturated rings. The van der Waals surface area contributed by atoms with Crippen molar-refractivity contribution in [3.63, 3.8) is 0 Å². The number of thiazole rings is 1. The van der Waals surface area contributed by atoms with E-state index in [9.17, 15) is 29.4 Å². The van der Waals surface area contributed by atoms with Crippen molar-refractivity contribution in [2.45, 2.75) is 104 Å². The maximum absolute atomic E-state index is 14.1. The molecule has 74 heavy (non-hydrogen) atoms. The summed E-state index contributed by atoms with van der Waals surface area (Å²) in [5.74, 6) is -0.435. The number of aromatic hydroxyl groups is 1. The van der Waals surface area contributed by atoms with Crippen molar-refractivity contribution in [3.8, 4) is 33.2 Å². The molecule has 8 rings (SSSR count). The average molecular weight is 1030 g/mol. The van der Waals surface area contributed by atoms with Gasteiger partial charge in [0.05, 0.1) is 47.9 Å². The summed E-state index contributed by atoms with van der Waals surface area (Å²) in [5.41, 5.74) is 13.5. The number of nitrogens with two attached hydrogens (primary N) is 1. The smallest absolute Gasteiger partial charge is 0.246 e. The number of para-hydroxylation sites is 1. The van der Waals surface area contributed by atoms with Gasteiger partial charge in [-0.15, -0.1) is 21.5 Å². The minimum Gasteiger partial charge on any atom is -0.507 e. The van der Waals surface area contributed by atoms with E-state index in [2.05, 4.69) is 59.9 Å². The summed E-state index contributed by atoms with van der Waals surface area (Å²) < 4.78 is 12.1. The Morgan fingerprint density at radius 2 is 1.64 bits per heavy atom. The van der Waals surface area contributed by atoms with Crippen LogP contribution in [-0.2, 0) is 30.5 Å². The number of hydrogen-bond donors (Lipinski definition) is 5. The maximum atomic E-state index is 14.1. The molecule has 4 amide bonds. The van der Waals surface area contributed by atoms with Gasteiger partial charge in [0.2, 0.25) is 23.6 Å². The molecule has 0 spiro atoms. The number of aromatic nitrogens is 3. The van der Waals surface area contributed by atoms with Crippen molar-refractivity contribution in [1.29, 1.82) is 0 Å². The number of β-amino-alcohol motifs (C(OH)–C–C–N with tert-alkyl or cyclic N) is 1. The largest absolute Gasteiger partial charge is 0.507 e. The molecule has 3 aliphatic heterocycles. The molecule has 5 atom stereocenters. The highest BCUT2D eigenvalue weighted by Crippen LogP contribution is 2.33. The summed E-state index contributed by atoms with van der Waals surface area (Å²) in [6.45, 7) is 14.6. The highest BCUT2D eigenvalue weighted by atomic mass is 32.1. The molecule has 3 saturated heterocycles. The number of anilines is 2. The van der Waals surface area contributed by atoms with Crippen LogP contribution < -0.4 is 26.0 Å². The number of piperidine rings is 1. The summed E-state index contributed by atoms with van der Waals surface area (Å²) in [6, 6.07) is 23.0. The van der Waals surface area contributed by atoms with E-state index in [0.717, 1.165) is 59.9 Å². The van der Waals surface area contributed by atoms with E-state index in [0.29, 0.717) is 43.2 Å². The lowest BCUT2D eigenvalue weighted by atomic mass is 9.85. The van der Waals surface area contributed by atoms with E-state index in [-0.39, 0.29) is 74.5 Å². The van der Waals surface area contributed by atoms with Gasteiger partial charge in [-0.1, -0.05) is 69.3 Å². The number of carbonyl (C=O) groups excluding carboxylic acids is 4. The Morgan fingerprint density at radius 1 is 0.905 bits per heavy atom. The Balaban J connectivity index is 0.731. The fourth-order valence-electron chi connectivity index (χ4n) is 9.85. The standard InChI is InChI=1S/C55H70N10O8S/c1-35(38-14-16-39(17-15-38)50-36(2)57-34-74-50)58-53(70)45-29-41(66)32-65(45)54(71)51(55(3,4)5)59-48(68)20-27-72-28-21-49(69)64-25-23-63(24-26-64)40-18-12-37(13-19-40)31-62-22-8-9-42(33-62)73-47-30-44(60-61-52(47)56)43-10-6-7-11-46(43)67/h6-7,10-19,30,34-35,41-42,45,51,66-67H,8-9,20-29,31-33H2,1-5H3,(H2,56,61)(H,58,70)(H,59,68). The monoisotopic (exact) mass is 1030 g/mol. The third-order valence-electron chi connectivity index (χ3n) is 14.1. The first-order chi connectivity index (χ1) is 35.5. The first-order valence-corrected chi connectivity index (χ1v) is 26.5. The number of nitrogens with one attached hydrogen (secondary N) is 2. The number of rotatable bonds is 18. The van der Waals surface area contributed by atoms with E-state index >= 15 is 0 Å². The first kappa shape index (κ1) is 53.6. The zero-order valence-corrected chi connectivity index (χ0v) is 43.9. The molecule has 0 saturated carbocycles. The second-order valence-electron chi connectivity index (χ2n) is 20.6. The van der Waals surface area contributed by atoms with Crippen LogP contribution in [0.5, 0.6) is 11.5 Å². The lowest BCUT2D eigenvalue weighted by Gasteiger charge is -2.36. The summed E-state index contributed by atoms with van der Waals surface area (Å²) in [4.78, 5) is 67.6. The van der Waals surface area contributed by atoms with Gasteiger partial charge in [0.1, 0.15) is 29.6 Å². The van der Waals surface area contributed by atoms with Gasteiger partial charge in [0.25, 0.3) is 0 Å². The zero-order chi connectivity index (χ0) is 52.5. The van der Waals surface area contributed by atoms with Crippen molar-refractivity contribution in [3.05, 3.63) is 101 Å². The number of carbonyl (C=O) groups is 4. The number of nitrogens with zero attached hydrogens (tertiary/aromatic N) is 7. The van der Waals surface area contributed by atoms with Crippen molar-refractivity contribution in [2.24, 2.45) is 5.41 Å². The number of phenols is 1. The molecule has 0 aliphatic carbocycles. The van der Waals surface area contributed by atoms with Gasteiger partial charge in [-0.25, -0.2) is 4.98 Å². The second-order valence-corrected chi connectivity index (χ2v) is 21.5. The van der Waals surface area contributed by atoms with Gasteiger partial charge in [-0.3, -0.25) is 24.1 Å². The molecule has 0 radical (unpaired) electrons. The third-order valence-corrected chi connectivity index (χ3v) is 15.0. The van der Waals surface area contributed by atoms with Gasteiger partial charge >= 0.3 is 0 Å². The number of aryl methyl sites for hydroxylation is 1. The van der Waals surface area contributed by atoms with E-state index < -0.39 is 35.4 Å². The molecule has 5 unspecified atom stereocenters. The molecule has 18 nitrogen and oxygen atoms in total. The molecule has 0 bridgehead atoms. The van der Waals surface area contributed by atoms with Gasteiger partial charge in [0.15, 0.2) is 11.6 Å². The highest BCUT2D eigenvalue weighted by Gasteiger charge is 2.45. The summed E-state index contributed by atoms with van der Waals surface area (Å²) in [6.07, 6.45) is 1.16. The topological polar surface area (TPSA) is 229 Å². The fourth-order valence-corrected chi connectivity index (χ4v) is 10.7. The van der Waals surface area contributed by atoms with Crippen molar-refractivity contribution < 1.29 is 38.9 Å². The third kappa shape index (κ3) is 13.5. The Morgan fingerprint density at radius 3 is 2.34 bits per heavy atom. The molecule has 19 heteroatoms. The molecule has 2 aromatic heterocycles. The summed E-state index contributed by atoms with van der Waals surface area (Å²) in [7, 11) is 0. The summed E-state index contributed by atoms with van der Waals surface area (Å²) in [5, 5.41) is 35.2.